The van der Waals surface area contributed by atoms with Crippen molar-refractivity contribution in [3.63, 3.8) is 0 Å². The number of fused-ring (bicyclic) bond motifs is 1. The summed E-state index contributed by atoms with van der Waals surface area (Å²) >= 11 is 0. The fraction of sp³-hybridized carbons (Fsp3) is 0.185. The van der Waals surface area contributed by atoms with Crippen LogP contribution < -0.4 is 15.9 Å². The SMILES string of the molecule is COc1ccc(Cn2c3cc(=O)n(Cc4cccc(C)n4)c(C)c3c(=O)n2-c2ccccn2)cc1. The molecule has 8 nitrogen and oxygen atoms in total. The lowest BCUT2D eigenvalue weighted by atomic mass is 10.2. The van der Waals surface area contributed by atoms with Crippen LogP contribution >= 0.6 is 0 Å². The summed E-state index contributed by atoms with van der Waals surface area (Å²) in [5.41, 5.74) is 3.33. The van der Waals surface area contributed by atoms with Crippen LogP contribution in [-0.4, -0.2) is 31.0 Å². The Morgan fingerprint density at radius 3 is 2.40 bits per heavy atom. The van der Waals surface area contributed by atoms with Crippen molar-refractivity contribution in [1.29, 1.82) is 0 Å². The predicted octanol–water partition coefficient (Wildman–Crippen LogP) is 3.47. The van der Waals surface area contributed by atoms with E-state index in [2.05, 4.69) is 9.97 Å². The fourth-order valence-corrected chi connectivity index (χ4v) is 4.36. The minimum atomic E-state index is -0.226. The van der Waals surface area contributed by atoms with E-state index in [0.29, 0.717) is 29.0 Å². The number of pyridine rings is 3. The Balaban J connectivity index is 1.72. The van der Waals surface area contributed by atoms with Crippen LogP contribution in [0.25, 0.3) is 16.7 Å². The molecule has 0 spiro atoms. The van der Waals surface area contributed by atoms with E-state index < -0.39 is 0 Å². The van der Waals surface area contributed by atoms with Crippen molar-refractivity contribution in [3.05, 3.63) is 116 Å². The standard InChI is InChI=1S/C27H25N5O3/c1-18-7-6-8-21(29-18)17-30-19(2)26-23(15-25(30)33)31(16-20-10-12-22(35-3)13-11-20)32(27(26)34)24-9-4-5-14-28-24/h4-15H,16-17H2,1-3H3. The topological polar surface area (TPSA) is 83.9 Å². The van der Waals surface area contributed by atoms with Crippen LogP contribution in [0.1, 0.15) is 22.6 Å². The van der Waals surface area contributed by atoms with Crippen molar-refractivity contribution in [1.82, 2.24) is 23.9 Å². The highest BCUT2D eigenvalue weighted by molar-refractivity contribution is 5.81. The minimum Gasteiger partial charge on any atom is -0.497 e. The van der Waals surface area contributed by atoms with E-state index in [1.807, 2.05) is 60.1 Å². The molecule has 4 aromatic heterocycles. The molecule has 0 aliphatic rings. The van der Waals surface area contributed by atoms with E-state index in [-0.39, 0.29) is 17.7 Å². The average Bonchev–Trinajstić information content (AvgIpc) is 3.13. The summed E-state index contributed by atoms with van der Waals surface area (Å²) in [5, 5.41) is 0.483. The van der Waals surface area contributed by atoms with Crippen LogP contribution in [0.4, 0.5) is 0 Å². The van der Waals surface area contributed by atoms with Gasteiger partial charge in [0.25, 0.3) is 11.1 Å². The quantitative estimate of drug-likeness (QED) is 0.382. The molecule has 0 unspecified atom stereocenters. The van der Waals surface area contributed by atoms with Gasteiger partial charge >= 0.3 is 0 Å². The highest BCUT2D eigenvalue weighted by Crippen LogP contribution is 2.20. The molecule has 35 heavy (non-hydrogen) atoms. The number of aromatic nitrogens is 5. The fourth-order valence-electron chi connectivity index (χ4n) is 4.36. The summed E-state index contributed by atoms with van der Waals surface area (Å²) in [6, 6.07) is 20.3. The van der Waals surface area contributed by atoms with Crippen LogP contribution in [0.2, 0.25) is 0 Å². The minimum absolute atomic E-state index is 0.194. The first-order valence-electron chi connectivity index (χ1n) is 11.3. The highest BCUT2D eigenvalue weighted by Gasteiger charge is 2.21. The second-order valence-corrected chi connectivity index (χ2v) is 8.40. The molecular formula is C27H25N5O3. The predicted molar refractivity (Wildman–Crippen MR) is 134 cm³/mol. The van der Waals surface area contributed by atoms with Crippen molar-refractivity contribution in [2.24, 2.45) is 0 Å². The van der Waals surface area contributed by atoms with Gasteiger partial charge in [0, 0.05) is 23.7 Å². The van der Waals surface area contributed by atoms with Crippen LogP contribution in [0.5, 0.6) is 5.75 Å². The Morgan fingerprint density at radius 2 is 1.71 bits per heavy atom. The van der Waals surface area contributed by atoms with Gasteiger partial charge in [-0.05, 0) is 55.8 Å². The van der Waals surface area contributed by atoms with E-state index in [1.165, 1.54) is 10.7 Å². The van der Waals surface area contributed by atoms with E-state index >= 15 is 0 Å². The maximum absolute atomic E-state index is 13.8. The van der Waals surface area contributed by atoms with Gasteiger partial charge in [-0.15, -0.1) is 0 Å². The Bertz CT molecular complexity index is 1630. The first-order chi connectivity index (χ1) is 17.0. The average molecular weight is 468 g/mol. The van der Waals surface area contributed by atoms with Crippen molar-refractivity contribution in [2.75, 3.05) is 7.11 Å². The summed E-state index contributed by atoms with van der Waals surface area (Å²) in [6.45, 7) is 4.38. The van der Waals surface area contributed by atoms with Crippen molar-refractivity contribution in [2.45, 2.75) is 26.9 Å². The van der Waals surface area contributed by atoms with E-state index in [0.717, 1.165) is 22.7 Å². The normalized spacial score (nSPS) is 11.2. The summed E-state index contributed by atoms with van der Waals surface area (Å²) in [5.74, 6) is 1.23. The third-order valence-corrected chi connectivity index (χ3v) is 6.10. The molecule has 0 bridgehead atoms. The number of rotatable bonds is 6. The molecule has 5 aromatic rings. The smallest absolute Gasteiger partial charge is 0.282 e. The van der Waals surface area contributed by atoms with Gasteiger partial charge in [-0.1, -0.05) is 24.3 Å². The maximum Gasteiger partial charge on any atom is 0.282 e. The Morgan fingerprint density at radius 1 is 0.914 bits per heavy atom. The van der Waals surface area contributed by atoms with Gasteiger partial charge < -0.3 is 9.30 Å². The number of hydrogen-bond donors (Lipinski definition) is 0. The molecule has 0 fully saturated rings. The van der Waals surface area contributed by atoms with Gasteiger partial charge in [0.15, 0.2) is 5.82 Å². The summed E-state index contributed by atoms with van der Waals surface area (Å²) in [4.78, 5) is 36.0. The van der Waals surface area contributed by atoms with Gasteiger partial charge in [-0.2, -0.15) is 4.68 Å². The van der Waals surface area contributed by atoms with Crippen molar-refractivity contribution >= 4 is 10.9 Å². The number of nitrogens with zero attached hydrogens (tertiary/aromatic N) is 5. The molecule has 1 aromatic carbocycles. The Hall–Kier alpha value is -4.46. The van der Waals surface area contributed by atoms with Crippen LogP contribution in [0.3, 0.4) is 0 Å². The molecule has 0 aliphatic carbocycles. The van der Waals surface area contributed by atoms with Crippen molar-refractivity contribution < 1.29 is 4.74 Å². The summed E-state index contributed by atoms with van der Waals surface area (Å²) in [7, 11) is 1.62. The number of benzene rings is 1. The lowest BCUT2D eigenvalue weighted by Gasteiger charge is -2.13. The summed E-state index contributed by atoms with van der Waals surface area (Å²) < 4.78 is 10.2. The van der Waals surface area contributed by atoms with Gasteiger partial charge in [0.1, 0.15) is 5.75 Å². The van der Waals surface area contributed by atoms with Crippen LogP contribution in [0, 0.1) is 13.8 Å². The lowest BCUT2D eigenvalue weighted by Crippen LogP contribution is -2.24. The molecule has 0 saturated carbocycles. The molecule has 5 rings (SSSR count). The molecule has 0 N–H and O–H groups in total. The van der Waals surface area contributed by atoms with E-state index in [9.17, 15) is 9.59 Å². The number of aryl methyl sites for hydroxylation is 2. The van der Waals surface area contributed by atoms with Crippen LogP contribution in [-0.2, 0) is 13.1 Å². The molecule has 8 heteroatoms. The number of ether oxygens (including phenoxy) is 1. The maximum atomic E-state index is 13.8. The van der Waals surface area contributed by atoms with Gasteiger partial charge in [-0.25, -0.2) is 4.98 Å². The monoisotopic (exact) mass is 467 g/mol. The molecular weight excluding hydrogens is 442 g/mol. The molecule has 4 heterocycles. The Kier molecular flexibility index (Phi) is 5.78. The molecule has 0 amide bonds. The zero-order valence-corrected chi connectivity index (χ0v) is 19.8. The van der Waals surface area contributed by atoms with Crippen LogP contribution in [0.15, 0.2) is 82.5 Å². The first-order valence-corrected chi connectivity index (χ1v) is 11.3. The molecule has 0 atom stereocenters. The second kappa shape index (κ2) is 9.06. The van der Waals surface area contributed by atoms with E-state index in [4.69, 9.17) is 4.74 Å². The number of methoxy groups -OCH3 is 1. The highest BCUT2D eigenvalue weighted by atomic mass is 16.5. The molecule has 176 valence electrons. The van der Waals surface area contributed by atoms with Gasteiger partial charge in [0.05, 0.1) is 36.8 Å². The van der Waals surface area contributed by atoms with Gasteiger partial charge in [-0.3, -0.25) is 19.3 Å². The Labute approximate surface area is 201 Å². The largest absolute Gasteiger partial charge is 0.497 e. The third-order valence-electron chi connectivity index (χ3n) is 6.10. The lowest BCUT2D eigenvalue weighted by molar-refractivity contribution is 0.414. The van der Waals surface area contributed by atoms with E-state index in [1.54, 1.807) is 36.9 Å². The zero-order valence-electron chi connectivity index (χ0n) is 19.8. The zero-order chi connectivity index (χ0) is 24.5. The summed E-state index contributed by atoms with van der Waals surface area (Å²) in [6.07, 6.45) is 1.65. The number of hydrogen-bond acceptors (Lipinski definition) is 5. The van der Waals surface area contributed by atoms with Crippen molar-refractivity contribution in [3.8, 4) is 11.6 Å². The molecule has 0 saturated heterocycles. The van der Waals surface area contributed by atoms with Gasteiger partial charge in [0.2, 0.25) is 0 Å². The molecule has 0 radical (unpaired) electrons. The second-order valence-electron chi connectivity index (χ2n) is 8.40. The molecule has 0 aliphatic heterocycles. The first kappa shape index (κ1) is 22.3. The third kappa shape index (κ3) is 4.14.